The molecule has 0 aliphatic carbocycles. The number of likely N-dealkylation sites (tertiary alicyclic amines) is 1. The number of aliphatic hydroxyl groups is 1. The summed E-state index contributed by atoms with van der Waals surface area (Å²) in [5, 5.41) is 13.4. The molecular formula is C30H33NO6S. The van der Waals surface area contributed by atoms with Gasteiger partial charge in [0.1, 0.15) is 11.5 Å². The lowest BCUT2D eigenvalue weighted by atomic mass is 9.84. The van der Waals surface area contributed by atoms with Crippen molar-refractivity contribution in [2.24, 2.45) is 0 Å². The summed E-state index contributed by atoms with van der Waals surface area (Å²) in [5.74, 6) is 0.233. The summed E-state index contributed by atoms with van der Waals surface area (Å²) >= 11 is 1.43. The van der Waals surface area contributed by atoms with Crippen molar-refractivity contribution in [1.29, 1.82) is 0 Å². The first-order valence-electron chi connectivity index (χ1n) is 12.4. The molecule has 0 spiro atoms. The molecule has 1 unspecified atom stereocenters. The van der Waals surface area contributed by atoms with Crippen molar-refractivity contribution in [3.05, 3.63) is 81.1 Å². The first-order chi connectivity index (χ1) is 18.1. The molecule has 4 rings (SSSR count). The summed E-state index contributed by atoms with van der Waals surface area (Å²) < 4.78 is 16.6. The molecule has 1 fully saturated rings. The number of carbonyl (C=O) groups is 2. The van der Waals surface area contributed by atoms with Gasteiger partial charge in [-0.15, -0.1) is 11.3 Å². The number of aliphatic hydroxyl groups excluding tert-OH is 1. The van der Waals surface area contributed by atoms with Crippen molar-refractivity contribution in [1.82, 2.24) is 4.90 Å². The van der Waals surface area contributed by atoms with Crippen LogP contribution in [0.2, 0.25) is 0 Å². The molecule has 7 nitrogen and oxygen atoms in total. The molecule has 200 valence electrons. The average Bonchev–Trinajstić information content (AvgIpc) is 3.51. The average molecular weight is 536 g/mol. The normalized spacial score (nSPS) is 17.1. The number of nitrogens with zero attached hydrogens (tertiary/aromatic N) is 1. The van der Waals surface area contributed by atoms with E-state index in [1.54, 1.807) is 38.5 Å². The standard InChI is InChI=1S/C30H33NO6S/c1-7-37-21-13-11-19(16-20(21)30(2,3)4)27(32)25-26(24-9-8-14-38-24)31(29(34)28(25)33)17-18-10-12-22(35-5)23(15-18)36-6/h8-16,26,32H,7,17H2,1-6H3/b27-25-. The van der Waals surface area contributed by atoms with Gasteiger partial charge in [-0.25, -0.2) is 0 Å². The van der Waals surface area contributed by atoms with E-state index in [4.69, 9.17) is 14.2 Å². The second kappa shape index (κ2) is 10.9. The third-order valence-electron chi connectivity index (χ3n) is 6.51. The number of Topliss-reactive ketones (excluding diaryl/α,β-unsaturated/α-hetero) is 1. The number of methoxy groups -OCH3 is 2. The highest BCUT2D eigenvalue weighted by Crippen LogP contribution is 2.43. The van der Waals surface area contributed by atoms with Gasteiger partial charge >= 0.3 is 0 Å². The van der Waals surface area contributed by atoms with Gasteiger partial charge in [0.15, 0.2) is 11.5 Å². The second-order valence-corrected chi connectivity index (χ2v) is 11.0. The fourth-order valence-electron chi connectivity index (χ4n) is 4.66. The molecule has 3 aromatic rings. The van der Waals surface area contributed by atoms with Gasteiger partial charge in [-0.3, -0.25) is 9.59 Å². The van der Waals surface area contributed by atoms with Crippen LogP contribution in [0, 0.1) is 0 Å². The van der Waals surface area contributed by atoms with Crippen molar-refractivity contribution in [3.8, 4) is 17.2 Å². The van der Waals surface area contributed by atoms with Gasteiger partial charge in [0.25, 0.3) is 11.7 Å². The Labute approximate surface area is 227 Å². The number of thiophene rings is 1. The number of hydrogen-bond acceptors (Lipinski definition) is 7. The zero-order valence-electron chi connectivity index (χ0n) is 22.5. The molecule has 1 aliphatic heterocycles. The van der Waals surface area contributed by atoms with E-state index in [0.29, 0.717) is 23.7 Å². The lowest BCUT2D eigenvalue weighted by Crippen LogP contribution is -2.28. The second-order valence-electron chi connectivity index (χ2n) is 10.0. The summed E-state index contributed by atoms with van der Waals surface area (Å²) in [6.45, 7) is 8.75. The highest BCUT2D eigenvalue weighted by atomic mass is 32.1. The van der Waals surface area contributed by atoms with Gasteiger partial charge in [-0.05, 0) is 59.7 Å². The number of carbonyl (C=O) groups excluding carboxylic acids is 2. The largest absolute Gasteiger partial charge is 0.507 e. The molecule has 1 N–H and O–H groups in total. The van der Waals surface area contributed by atoms with Gasteiger partial charge in [-0.2, -0.15) is 0 Å². The molecule has 1 aromatic heterocycles. The lowest BCUT2D eigenvalue weighted by Gasteiger charge is -2.25. The predicted molar refractivity (Wildman–Crippen MR) is 148 cm³/mol. The van der Waals surface area contributed by atoms with Crippen LogP contribution < -0.4 is 14.2 Å². The molecule has 1 atom stereocenters. The molecule has 38 heavy (non-hydrogen) atoms. The van der Waals surface area contributed by atoms with Crippen molar-refractivity contribution in [3.63, 3.8) is 0 Å². The summed E-state index contributed by atoms with van der Waals surface area (Å²) in [6.07, 6.45) is 0. The highest BCUT2D eigenvalue weighted by Gasteiger charge is 2.46. The first-order valence-corrected chi connectivity index (χ1v) is 13.3. The Morgan fingerprint density at radius 1 is 1.00 bits per heavy atom. The molecule has 2 aromatic carbocycles. The number of ketones is 1. The molecular weight excluding hydrogens is 502 g/mol. The number of hydrogen-bond donors (Lipinski definition) is 1. The molecule has 0 bridgehead atoms. The monoisotopic (exact) mass is 535 g/mol. The molecule has 1 aliphatic rings. The minimum Gasteiger partial charge on any atom is -0.507 e. The molecule has 1 saturated heterocycles. The Kier molecular flexibility index (Phi) is 7.83. The fraction of sp³-hybridized carbons (Fsp3) is 0.333. The summed E-state index contributed by atoms with van der Waals surface area (Å²) in [7, 11) is 3.10. The third-order valence-corrected chi connectivity index (χ3v) is 7.44. The van der Waals surface area contributed by atoms with Crippen molar-refractivity contribution in [2.45, 2.75) is 45.7 Å². The SMILES string of the molecule is CCOc1ccc(/C(O)=C2/C(=O)C(=O)N(Cc3ccc(OC)c(OC)c3)C2c2cccs2)cc1C(C)(C)C. The maximum absolute atomic E-state index is 13.4. The van der Waals surface area contributed by atoms with Gasteiger partial charge < -0.3 is 24.2 Å². The number of ether oxygens (including phenoxy) is 3. The number of benzene rings is 2. The molecule has 8 heteroatoms. The predicted octanol–water partition coefficient (Wildman–Crippen LogP) is 6.08. The Morgan fingerprint density at radius 2 is 1.71 bits per heavy atom. The minimum atomic E-state index is -0.729. The smallest absolute Gasteiger partial charge is 0.295 e. The van der Waals surface area contributed by atoms with Crippen LogP contribution in [-0.4, -0.2) is 42.5 Å². The maximum Gasteiger partial charge on any atom is 0.295 e. The number of amides is 1. The van der Waals surface area contributed by atoms with E-state index in [9.17, 15) is 14.7 Å². The van der Waals surface area contributed by atoms with E-state index >= 15 is 0 Å². The molecule has 1 amide bonds. The van der Waals surface area contributed by atoms with Crippen LogP contribution in [0.4, 0.5) is 0 Å². The third kappa shape index (κ3) is 5.13. The Hall–Kier alpha value is -3.78. The zero-order valence-corrected chi connectivity index (χ0v) is 23.3. The Balaban J connectivity index is 1.82. The minimum absolute atomic E-state index is 0.0712. The van der Waals surface area contributed by atoms with Crippen LogP contribution in [0.5, 0.6) is 17.2 Å². The fourth-order valence-corrected chi connectivity index (χ4v) is 5.51. The number of rotatable bonds is 8. The van der Waals surface area contributed by atoms with Gasteiger partial charge in [0.05, 0.1) is 32.4 Å². The first kappa shape index (κ1) is 27.3. The molecule has 0 radical (unpaired) electrons. The van der Waals surface area contributed by atoms with Crippen LogP contribution in [-0.2, 0) is 21.5 Å². The summed E-state index contributed by atoms with van der Waals surface area (Å²) in [5.41, 5.74) is 1.93. The van der Waals surface area contributed by atoms with E-state index in [0.717, 1.165) is 21.8 Å². The van der Waals surface area contributed by atoms with Crippen molar-refractivity contribution < 1.29 is 28.9 Å². The highest BCUT2D eigenvalue weighted by molar-refractivity contribution is 7.10. The summed E-state index contributed by atoms with van der Waals surface area (Å²) in [4.78, 5) is 29.1. The van der Waals surface area contributed by atoms with Crippen LogP contribution >= 0.6 is 11.3 Å². The van der Waals surface area contributed by atoms with Gasteiger partial charge in [-0.1, -0.05) is 32.9 Å². The van der Waals surface area contributed by atoms with Gasteiger partial charge in [0, 0.05) is 22.5 Å². The van der Waals surface area contributed by atoms with E-state index in [1.165, 1.54) is 16.2 Å². The van der Waals surface area contributed by atoms with Crippen molar-refractivity contribution >= 4 is 28.8 Å². The lowest BCUT2D eigenvalue weighted by molar-refractivity contribution is -0.140. The van der Waals surface area contributed by atoms with Crippen LogP contribution in [0.25, 0.3) is 5.76 Å². The van der Waals surface area contributed by atoms with E-state index in [-0.39, 0.29) is 23.3 Å². The van der Waals surface area contributed by atoms with Crippen LogP contribution in [0.1, 0.15) is 55.3 Å². The van der Waals surface area contributed by atoms with Crippen LogP contribution in [0.3, 0.4) is 0 Å². The van der Waals surface area contributed by atoms with Crippen molar-refractivity contribution in [2.75, 3.05) is 20.8 Å². The molecule has 0 saturated carbocycles. The maximum atomic E-state index is 13.4. The van der Waals surface area contributed by atoms with E-state index < -0.39 is 17.7 Å². The topological polar surface area (TPSA) is 85.3 Å². The van der Waals surface area contributed by atoms with E-state index in [2.05, 4.69) is 20.8 Å². The zero-order chi connectivity index (χ0) is 27.6. The quantitative estimate of drug-likeness (QED) is 0.214. The Morgan fingerprint density at radius 3 is 2.32 bits per heavy atom. The summed E-state index contributed by atoms with van der Waals surface area (Å²) in [6, 6.07) is 13.8. The molecule has 2 heterocycles. The van der Waals surface area contributed by atoms with Crippen LogP contribution in [0.15, 0.2) is 59.5 Å². The van der Waals surface area contributed by atoms with Gasteiger partial charge in [0.2, 0.25) is 0 Å². The van der Waals surface area contributed by atoms with E-state index in [1.807, 2.05) is 36.6 Å². The Bertz CT molecular complexity index is 1370.